The van der Waals surface area contributed by atoms with Crippen molar-refractivity contribution in [1.82, 2.24) is 4.90 Å². The van der Waals surface area contributed by atoms with E-state index in [0.29, 0.717) is 25.5 Å². The van der Waals surface area contributed by atoms with Gasteiger partial charge in [-0.05, 0) is 22.3 Å². The van der Waals surface area contributed by atoms with Crippen LogP contribution in [0, 0.1) is 5.92 Å². The predicted molar refractivity (Wildman–Crippen MR) is 90.9 cm³/mol. The van der Waals surface area contributed by atoms with E-state index in [1.165, 1.54) is 10.8 Å². The molecule has 0 saturated carbocycles. The Labute approximate surface area is 132 Å². The molecule has 22 heavy (non-hydrogen) atoms. The molecule has 118 valence electrons. The highest BCUT2D eigenvalue weighted by Crippen LogP contribution is 2.16. The second-order valence-corrected chi connectivity index (χ2v) is 6.08. The highest BCUT2D eigenvalue weighted by atomic mass is 16.5. The van der Waals surface area contributed by atoms with E-state index in [0.717, 1.165) is 12.1 Å². The van der Waals surface area contributed by atoms with Crippen LogP contribution >= 0.6 is 0 Å². The third-order valence-corrected chi connectivity index (χ3v) is 3.67. The maximum absolute atomic E-state index is 12.6. The smallest absolute Gasteiger partial charge is 0.227 e. The van der Waals surface area contributed by atoms with Gasteiger partial charge in [-0.1, -0.05) is 56.3 Å². The maximum Gasteiger partial charge on any atom is 0.227 e. The molecule has 3 nitrogen and oxygen atoms in total. The van der Waals surface area contributed by atoms with Crippen LogP contribution in [0.15, 0.2) is 42.5 Å². The summed E-state index contributed by atoms with van der Waals surface area (Å²) in [5, 5.41) is 2.39. The minimum Gasteiger partial charge on any atom is -0.383 e. The van der Waals surface area contributed by atoms with E-state index in [4.69, 9.17) is 4.74 Å². The summed E-state index contributed by atoms with van der Waals surface area (Å²) in [6, 6.07) is 14.5. The van der Waals surface area contributed by atoms with Crippen molar-refractivity contribution in [3.8, 4) is 0 Å². The summed E-state index contributed by atoms with van der Waals surface area (Å²) in [4.78, 5) is 14.5. The molecule has 0 aliphatic carbocycles. The van der Waals surface area contributed by atoms with Crippen LogP contribution in [0.5, 0.6) is 0 Å². The third kappa shape index (κ3) is 4.57. The average molecular weight is 299 g/mol. The maximum atomic E-state index is 12.6. The van der Waals surface area contributed by atoms with Gasteiger partial charge in [0.25, 0.3) is 0 Å². The lowest BCUT2D eigenvalue weighted by Gasteiger charge is -2.24. The van der Waals surface area contributed by atoms with Crippen LogP contribution in [0.3, 0.4) is 0 Å². The van der Waals surface area contributed by atoms with Gasteiger partial charge in [-0.3, -0.25) is 4.79 Å². The average Bonchev–Trinajstić information content (AvgIpc) is 2.51. The van der Waals surface area contributed by atoms with Crippen LogP contribution in [0.4, 0.5) is 0 Å². The zero-order chi connectivity index (χ0) is 15.9. The van der Waals surface area contributed by atoms with Crippen LogP contribution in [-0.4, -0.2) is 37.6 Å². The number of ether oxygens (including phenoxy) is 1. The first kappa shape index (κ1) is 16.5. The van der Waals surface area contributed by atoms with Gasteiger partial charge >= 0.3 is 0 Å². The number of methoxy groups -OCH3 is 1. The predicted octanol–water partition coefficient (Wildman–Crippen LogP) is 3.51. The summed E-state index contributed by atoms with van der Waals surface area (Å²) in [7, 11) is 1.67. The molecule has 0 bridgehead atoms. The Balaban J connectivity index is 2.09. The zero-order valence-corrected chi connectivity index (χ0v) is 13.7. The largest absolute Gasteiger partial charge is 0.383 e. The quantitative estimate of drug-likeness (QED) is 0.783. The minimum absolute atomic E-state index is 0.168. The van der Waals surface area contributed by atoms with E-state index in [1.807, 2.05) is 23.1 Å². The van der Waals surface area contributed by atoms with Crippen molar-refractivity contribution >= 4 is 16.7 Å². The standard InChI is InChI=1S/C19H25NO2/c1-15(2)14-20(10-11-22-3)19(21)13-16-8-9-17-6-4-5-7-18(17)12-16/h4-9,12,15H,10-11,13-14H2,1-3H3. The highest BCUT2D eigenvalue weighted by Gasteiger charge is 2.15. The fraction of sp³-hybridized carbons (Fsp3) is 0.421. The van der Waals surface area contributed by atoms with Gasteiger partial charge in [-0.25, -0.2) is 0 Å². The summed E-state index contributed by atoms with van der Waals surface area (Å²) in [6.45, 7) is 6.26. The zero-order valence-electron chi connectivity index (χ0n) is 13.7. The van der Waals surface area contributed by atoms with E-state index in [2.05, 4.69) is 38.1 Å². The van der Waals surface area contributed by atoms with Gasteiger partial charge < -0.3 is 9.64 Å². The van der Waals surface area contributed by atoms with Crippen LogP contribution in [-0.2, 0) is 16.0 Å². The van der Waals surface area contributed by atoms with Crippen molar-refractivity contribution < 1.29 is 9.53 Å². The summed E-state index contributed by atoms with van der Waals surface area (Å²) < 4.78 is 5.12. The SMILES string of the molecule is COCCN(CC(C)C)C(=O)Cc1ccc2ccccc2c1. The molecule has 2 aromatic carbocycles. The van der Waals surface area contributed by atoms with E-state index in [1.54, 1.807) is 7.11 Å². The van der Waals surface area contributed by atoms with Gasteiger partial charge in [0.05, 0.1) is 13.0 Å². The fourth-order valence-electron chi connectivity index (χ4n) is 2.60. The highest BCUT2D eigenvalue weighted by molar-refractivity contribution is 5.85. The number of hydrogen-bond acceptors (Lipinski definition) is 2. The number of nitrogens with zero attached hydrogens (tertiary/aromatic N) is 1. The number of carbonyl (C=O) groups is 1. The lowest BCUT2D eigenvalue weighted by Crippen LogP contribution is -2.37. The number of amides is 1. The topological polar surface area (TPSA) is 29.5 Å². The number of benzene rings is 2. The molecule has 3 heteroatoms. The second kappa shape index (κ2) is 7.95. The Hall–Kier alpha value is -1.87. The molecule has 0 N–H and O–H groups in total. The molecule has 0 radical (unpaired) electrons. The summed E-state index contributed by atoms with van der Waals surface area (Å²) in [6.07, 6.45) is 0.446. The van der Waals surface area contributed by atoms with E-state index < -0.39 is 0 Å². The monoisotopic (exact) mass is 299 g/mol. The molecule has 0 fully saturated rings. The molecule has 0 aliphatic heterocycles. The number of hydrogen-bond donors (Lipinski definition) is 0. The van der Waals surface area contributed by atoms with Crippen LogP contribution < -0.4 is 0 Å². The first-order chi connectivity index (χ1) is 10.6. The van der Waals surface area contributed by atoms with E-state index in [9.17, 15) is 4.79 Å². The molecule has 2 rings (SSSR count). The van der Waals surface area contributed by atoms with Crippen LogP contribution in [0.2, 0.25) is 0 Å². The third-order valence-electron chi connectivity index (χ3n) is 3.67. The van der Waals surface area contributed by atoms with Crippen LogP contribution in [0.1, 0.15) is 19.4 Å². The van der Waals surface area contributed by atoms with Crippen molar-refractivity contribution in [3.05, 3.63) is 48.0 Å². The van der Waals surface area contributed by atoms with Crippen LogP contribution in [0.25, 0.3) is 10.8 Å². The van der Waals surface area contributed by atoms with Crippen molar-refractivity contribution in [2.24, 2.45) is 5.92 Å². The molecule has 0 atom stereocenters. The lowest BCUT2D eigenvalue weighted by atomic mass is 10.0. The summed E-state index contributed by atoms with van der Waals surface area (Å²) in [5.41, 5.74) is 1.06. The lowest BCUT2D eigenvalue weighted by molar-refractivity contribution is -0.131. The first-order valence-corrected chi connectivity index (χ1v) is 7.84. The molecule has 0 unspecified atom stereocenters. The Kier molecular flexibility index (Phi) is 5.96. The second-order valence-electron chi connectivity index (χ2n) is 6.08. The number of carbonyl (C=O) groups excluding carboxylic acids is 1. The fourth-order valence-corrected chi connectivity index (χ4v) is 2.60. The van der Waals surface area contributed by atoms with Gasteiger partial charge in [0.1, 0.15) is 0 Å². The van der Waals surface area contributed by atoms with E-state index in [-0.39, 0.29) is 5.91 Å². The molecule has 0 heterocycles. The molecule has 1 amide bonds. The molecule has 0 aliphatic rings. The molecule has 0 aromatic heterocycles. The summed E-state index contributed by atoms with van der Waals surface area (Å²) in [5.74, 6) is 0.624. The van der Waals surface area contributed by atoms with E-state index >= 15 is 0 Å². The van der Waals surface area contributed by atoms with Crippen molar-refractivity contribution in [1.29, 1.82) is 0 Å². The Morgan fingerprint density at radius 3 is 2.55 bits per heavy atom. The van der Waals surface area contributed by atoms with Gasteiger partial charge in [0.2, 0.25) is 5.91 Å². The molecule has 0 saturated heterocycles. The normalized spacial score (nSPS) is 11.1. The Bertz CT molecular complexity index is 622. The number of fused-ring (bicyclic) bond motifs is 1. The Morgan fingerprint density at radius 1 is 1.14 bits per heavy atom. The molecular weight excluding hydrogens is 274 g/mol. The number of rotatable bonds is 7. The molecule has 2 aromatic rings. The van der Waals surface area contributed by atoms with Crippen molar-refractivity contribution in [3.63, 3.8) is 0 Å². The molecule has 0 spiro atoms. The van der Waals surface area contributed by atoms with Gasteiger partial charge in [0.15, 0.2) is 0 Å². The first-order valence-electron chi connectivity index (χ1n) is 7.84. The Morgan fingerprint density at radius 2 is 1.86 bits per heavy atom. The van der Waals surface area contributed by atoms with Gasteiger partial charge in [-0.2, -0.15) is 0 Å². The van der Waals surface area contributed by atoms with Crippen molar-refractivity contribution in [2.75, 3.05) is 26.8 Å². The van der Waals surface area contributed by atoms with Gasteiger partial charge in [0, 0.05) is 20.2 Å². The van der Waals surface area contributed by atoms with Crippen molar-refractivity contribution in [2.45, 2.75) is 20.3 Å². The summed E-state index contributed by atoms with van der Waals surface area (Å²) >= 11 is 0. The van der Waals surface area contributed by atoms with Gasteiger partial charge in [-0.15, -0.1) is 0 Å². The minimum atomic E-state index is 0.168. The molecular formula is C19H25NO2.